The fourth-order valence-corrected chi connectivity index (χ4v) is 5.86. The minimum absolute atomic E-state index is 0.198. The molecule has 8 nitrogen and oxygen atoms in total. The number of ether oxygens (including phenoxy) is 3. The van der Waals surface area contributed by atoms with Crippen LogP contribution in [0.4, 0.5) is 0 Å². The van der Waals surface area contributed by atoms with Gasteiger partial charge in [-0.3, -0.25) is 9.36 Å². The van der Waals surface area contributed by atoms with E-state index in [0.717, 1.165) is 25.1 Å². The van der Waals surface area contributed by atoms with Crippen LogP contribution in [0, 0.1) is 5.92 Å². The van der Waals surface area contributed by atoms with Crippen LogP contribution in [-0.4, -0.2) is 42.5 Å². The van der Waals surface area contributed by atoms with Crippen molar-refractivity contribution in [1.29, 1.82) is 0 Å². The lowest BCUT2D eigenvalue weighted by Crippen LogP contribution is -2.38. The van der Waals surface area contributed by atoms with E-state index in [2.05, 4.69) is 22.4 Å². The van der Waals surface area contributed by atoms with Gasteiger partial charge in [-0.2, -0.15) is 0 Å². The molecule has 172 valence electrons. The highest BCUT2D eigenvalue weighted by atomic mass is 16.6. The highest BCUT2D eigenvalue weighted by Crippen LogP contribution is 2.45. The summed E-state index contributed by atoms with van der Waals surface area (Å²) in [5.74, 6) is 2.96. The van der Waals surface area contributed by atoms with E-state index in [0.29, 0.717) is 60.4 Å². The number of aromatic nitrogens is 2. The van der Waals surface area contributed by atoms with Gasteiger partial charge in [0.1, 0.15) is 19.0 Å². The molecular weight excluding hydrogens is 422 g/mol. The third-order valence-corrected chi connectivity index (χ3v) is 7.41. The third kappa shape index (κ3) is 3.31. The molecule has 3 atom stereocenters. The quantitative estimate of drug-likeness (QED) is 0.634. The Balaban J connectivity index is 1.30. The largest absolute Gasteiger partial charge is 0.496 e. The summed E-state index contributed by atoms with van der Waals surface area (Å²) in [5.41, 5.74) is 2.40. The second-order valence-electron chi connectivity index (χ2n) is 9.08. The van der Waals surface area contributed by atoms with E-state index in [-0.39, 0.29) is 11.6 Å². The molecule has 2 aliphatic heterocycles. The van der Waals surface area contributed by atoms with Gasteiger partial charge < -0.3 is 24.5 Å². The van der Waals surface area contributed by atoms with Crippen molar-refractivity contribution in [3.05, 3.63) is 62.3 Å². The second-order valence-corrected chi connectivity index (χ2v) is 9.08. The maximum absolute atomic E-state index is 13.2. The van der Waals surface area contributed by atoms with E-state index < -0.39 is 5.69 Å². The summed E-state index contributed by atoms with van der Waals surface area (Å²) in [6.07, 6.45) is 2.83. The summed E-state index contributed by atoms with van der Waals surface area (Å²) in [6.45, 7) is 2.20. The van der Waals surface area contributed by atoms with E-state index >= 15 is 0 Å². The van der Waals surface area contributed by atoms with Crippen molar-refractivity contribution in [3.63, 3.8) is 0 Å². The number of benzene rings is 2. The third-order valence-electron chi connectivity index (χ3n) is 7.41. The van der Waals surface area contributed by atoms with Gasteiger partial charge in [-0.15, -0.1) is 0 Å². The Bertz CT molecular complexity index is 1340. The van der Waals surface area contributed by atoms with Crippen LogP contribution in [0.1, 0.15) is 29.9 Å². The normalized spacial score (nSPS) is 23.2. The molecule has 1 unspecified atom stereocenters. The molecule has 3 aliphatic rings. The Morgan fingerprint density at radius 2 is 1.97 bits per heavy atom. The first-order valence-electron chi connectivity index (χ1n) is 11.6. The van der Waals surface area contributed by atoms with Gasteiger partial charge in [0.05, 0.1) is 18.0 Å². The summed E-state index contributed by atoms with van der Waals surface area (Å²) in [7, 11) is 1.72. The summed E-state index contributed by atoms with van der Waals surface area (Å²) in [6, 6.07) is 9.83. The molecule has 1 saturated heterocycles. The van der Waals surface area contributed by atoms with Crippen molar-refractivity contribution in [1.82, 2.24) is 14.9 Å². The van der Waals surface area contributed by atoms with Crippen molar-refractivity contribution >= 4 is 10.9 Å². The van der Waals surface area contributed by atoms with Crippen molar-refractivity contribution in [2.75, 3.05) is 26.9 Å². The van der Waals surface area contributed by atoms with Crippen LogP contribution >= 0.6 is 0 Å². The molecule has 0 amide bonds. The van der Waals surface area contributed by atoms with Gasteiger partial charge in [-0.1, -0.05) is 12.1 Å². The molecule has 1 aliphatic carbocycles. The highest BCUT2D eigenvalue weighted by Gasteiger charge is 2.40. The van der Waals surface area contributed by atoms with Crippen molar-refractivity contribution < 1.29 is 14.2 Å². The Hall–Kier alpha value is -3.26. The number of rotatable bonds is 4. The van der Waals surface area contributed by atoms with Gasteiger partial charge in [-0.25, -0.2) is 4.79 Å². The first-order valence-corrected chi connectivity index (χ1v) is 11.6. The van der Waals surface area contributed by atoms with Gasteiger partial charge in [0.2, 0.25) is 0 Å². The molecule has 0 saturated carbocycles. The zero-order valence-corrected chi connectivity index (χ0v) is 18.6. The first-order chi connectivity index (χ1) is 16.1. The van der Waals surface area contributed by atoms with Crippen LogP contribution in [0.2, 0.25) is 0 Å². The number of methoxy groups -OCH3 is 1. The van der Waals surface area contributed by atoms with Gasteiger partial charge in [0, 0.05) is 24.6 Å². The molecule has 1 fully saturated rings. The molecule has 2 aromatic carbocycles. The molecule has 3 heterocycles. The Labute approximate surface area is 190 Å². The second kappa shape index (κ2) is 7.95. The monoisotopic (exact) mass is 449 g/mol. The van der Waals surface area contributed by atoms with Gasteiger partial charge in [0.15, 0.2) is 11.5 Å². The average Bonchev–Trinajstić information content (AvgIpc) is 3.26. The average molecular weight is 450 g/mol. The van der Waals surface area contributed by atoms with Crippen LogP contribution in [0.15, 0.2) is 39.9 Å². The van der Waals surface area contributed by atoms with Crippen molar-refractivity contribution in [2.45, 2.75) is 37.8 Å². The van der Waals surface area contributed by atoms with Crippen LogP contribution in [0.5, 0.6) is 17.2 Å². The number of hydrogen-bond donors (Lipinski definition) is 2. The number of aromatic amines is 1. The smallest absolute Gasteiger partial charge is 0.328 e. The zero-order valence-electron chi connectivity index (χ0n) is 18.6. The van der Waals surface area contributed by atoms with E-state index in [1.54, 1.807) is 19.2 Å². The van der Waals surface area contributed by atoms with Crippen LogP contribution in [0.25, 0.3) is 10.9 Å². The number of hydrogen-bond acceptors (Lipinski definition) is 6. The molecule has 33 heavy (non-hydrogen) atoms. The zero-order chi connectivity index (χ0) is 22.5. The minimum Gasteiger partial charge on any atom is -0.496 e. The van der Waals surface area contributed by atoms with Crippen molar-refractivity contribution in [3.8, 4) is 17.2 Å². The fourth-order valence-electron chi connectivity index (χ4n) is 5.86. The molecule has 8 heteroatoms. The Morgan fingerprint density at radius 3 is 2.79 bits per heavy atom. The Kier molecular flexibility index (Phi) is 4.90. The number of fused-ring (bicyclic) bond motifs is 5. The number of H-pyrrole nitrogens is 1. The lowest BCUT2D eigenvalue weighted by Gasteiger charge is -2.32. The molecule has 0 spiro atoms. The lowest BCUT2D eigenvalue weighted by atomic mass is 9.73. The minimum atomic E-state index is -0.399. The standard InChI is InChI=1S/C25H27N3O5/c1-31-20-4-2-3-16-15(20)6-5-14-13-26-18(23(14)16)7-8-28-24(29)17-11-21-22(33-10-9-32-21)12-19(17)27-25(28)30/h2-4,11-12,14,18,23,26H,5-10,13H2,1H3,(H,27,30)/t14-,18?,23-/m1/s1. The molecule has 3 aromatic rings. The molecule has 6 rings (SSSR count). The fraction of sp³-hybridized carbons (Fsp3) is 0.440. The molecule has 1 aromatic heterocycles. The molecule has 0 bridgehead atoms. The van der Waals surface area contributed by atoms with Crippen LogP contribution < -0.4 is 30.8 Å². The summed E-state index contributed by atoms with van der Waals surface area (Å²) in [5, 5.41) is 4.09. The van der Waals surface area contributed by atoms with Crippen molar-refractivity contribution in [2.24, 2.45) is 5.92 Å². The van der Waals surface area contributed by atoms with Gasteiger partial charge in [0.25, 0.3) is 5.56 Å². The highest BCUT2D eigenvalue weighted by molar-refractivity contribution is 5.81. The van der Waals surface area contributed by atoms with Gasteiger partial charge >= 0.3 is 5.69 Å². The maximum Gasteiger partial charge on any atom is 0.328 e. The Morgan fingerprint density at radius 1 is 1.15 bits per heavy atom. The van der Waals surface area contributed by atoms with Crippen LogP contribution in [-0.2, 0) is 13.0 Å². The topological polar surface area (TPSA) is 94.6 Å². The molecular formula is C25H27N3O5. The maximum atomic E-state index is 13.2. The summed E-state index contributed by atoms with van der Waals surface area (Å²) < 4.78 is 18.1. The SMILES string of the molecule is COc1cccc2c1CC[C@@H]1CNC(CCn3c(=O)[nH]c4cc5c(cc4c3=O)OCCO5)[C@@H]21. The number of nitrogens with one attached hydrogen (secondary N) is 2. The predicted octanol–water partition coefficient (Wildman–Crippen LogP) is 2.18. The lowest BCUT2D eigenvalue weighted by molar-refractivity contribution is 0.172. The van der Waals surface area contributed by atoms with Gasteiger partial charge in [-0.05, 0) is 55.0 Å². The molecule has 2 N–H and O–H groups in total. The number of nitrogens with zero attached hydrogens (tertiary/aromatic N) is 1. The summed E-state index contributed by atoms with van der Waals surface area (Å²) in [4.78, 5) is 28.9. The first kappa shape index (κ1) is 20.4. The van der Waals surface area contributed by atoms with E-state index in [9.17, 15) is 9.59 Å². The van der Waals surface area contributed by atoms with Crippen LogP contribution in [0.3, 0.4) is 0 Å². The molecule has 0 radical (unpaired) electrons. The van der Waals surface area contributed by atoms with E-state index in [1.165, 1.54) is 15.7 Å². The van der Waals surface area contributed by atoms with E-state index in [1.807, 2.05) is 6.07 Å². The predicted molar refractivity (Wildman–Crippen MR) is 124 cm³/mol. The van der Waals surface area contributed by atoms with E-state index in [4.69, 9.17) is 14.2 Å². The summed E-state index contributed by atoms with van der Waals surface area (Å²) >= 11 is 0.